The van der Waals surface area contributed by atoms with Gasteiger partial charge in [-0.3, -0.25) is 9.48 Å². The summed E-state index contributed by atoms with van der Waals surface area (Å²) in [7, 11) is -3.62. The number of amides is 3. The molecule has 0 aliphatic rings. The molecular weight excluding hydrogens is 546 g/mol. The predicted molar refractivity (Wildman–Crippen MR) is 140 cm³/mol. The number of hydrogen-bond donors (Lipinski definition) is 0. The fourth-order valence-corrected chi connectivity index (χ4v) is 4.46. The number of rotatable bonds is 8. The quantitative estimate of drug-likeness (QED) is 0.332. The molecule has 40 heavy (non-hydrogen) atoms. The summed E-state index contributed by atoms with van der Waals surface area (Å²) in [5.41, 5.74) is -1.49. The van der Waals surface area contributed by atoms with Crippen LogP contribution in [0.1, 0.15) is 47.1 Å². The van der Waals surface area contributed by atoms with E-state index in [0.29, 0.717) is 4.90 Å². The third kappa shape index (κ3) is 8.76. The van der Waals surface area contributed by atoms with E-state index >= 15 is 0 Å². The summed E-state index contributed by atoms with van der Waals surface area (Å²) in [5.74, 6) is -2.29. The smallest absolute Gasteiger partial charge is 0.424 e. The van der Waals surface area contributed by atoms with Crippen LogP contribution in [-0.2, 0) is 40.4 Å². The van der Waals surface area contributed by atoms with Gasteiger partial charge in [-0.2, -0.15) is 9.40 Å². The van der Waals surface area contributed by atoms with Gasteiger partial charge in [0.2, 0.25) is 0 Å². The highest BCUT2D eigenvalue weighted by atomic mass is 32.2. The normalized spacial score (nSPS) is 12.7. The summed E-state index contributed by atoms with van der Waals surface area (Å²) in [4.78, 5) is 56.8. The maximum absolute atomic E-state index is 13.7. The monoisotopic (exact) mass is 581 g/mol. The Morgan fingerprint density at radius 3 is 1.98 bits per heavy atom. The fraction of sp³-hybridized carbons (Fsp3) is 0.520. The molecule has 3 amide bonds. The second-order valence-corrected chi connectivity index (χ2v) is 12.6. The van der Waals surface area contributed by atoms with Crippen molar-refractivity contribution in [1.82, 2.24) is 24.0 Å². The Morgan fingerprint density at radius 1 is 0.950 bits per heavy atom. The van der Waals surface area contributed by atoms with Gasteiger partial charge < -0.3 is 14.2 Å². The topological polar surface area (TPSA) is 167 Å². The second kappa shape index (κ2) is 12.4. The van der Waals surface area contributed by atoms with Crippen LogP contribution in [0, 0.1) is 6.92 Å². The number of sulfonamides is 1. The van der Waals surface area contributed by atoms with Gasteiger partial charge in [-0.1, -0.05) is 17.7 Å². The highest BCUT2D eigenvalue weighted by Crippen LogP contribution is 2.22. The summed E-state index contributed by atoms with van der Waals surface area (Å²) in [6.45, 7) is 9.30. The van der Waals surface area contributed by atoms with Crippen molar-refractivity contribution >= 4 is 34.1 Å². The molecule has 0 aliphatic carbocycles. The first kappa shape index (κ1) is 32.2. The number of hydrogen-bond acceptors (Lipinski definition) is 11. The molecule has 220 valence electrons. The van der Waals surface area contributed by atoms with Crippen molar-refractivity contribution in [2.24, 2.45) is 0 Å². The Kier molecular flexibility index (Phi) is 10.0. The lowest BCUT2D eigenvalue weighted by atomic mass is 10.2. The van der Waals surface area contributed by atoms with Gasteiger partial charge >= 0.3 is 18.2 Å². The minimum Gasteiger partial charge on any atom is -0.467 e. The molecule has 0 saturated carbocycles. The number of benzene rings is 1. The lowest BCUT2D eigenvalue weighted by Gasteiger charge is -2.32. The number of ether oxygens (including phenoxy) is 3. The standard InChI is InChI=1S/C25H35N5O9S/c1-17-9-11-18(12-10-17)40(35,36)29(22(33)38-24(2,3)4)14-20(31)30(23(34)39-25(5,6)7)19(21(32)37-8)13-28-16-26-15-27-28/h9-12,15-16,19H,13-14H2,1-8H3/t19-/m0/s1. The molecule has 0 radical (unpaired) electrons. The molecule has 1 aromatic heterocycles. The number of aryl methyl sites for hydroxylation is 1. The van der Waals surface area contributed by atoms with Crippen molar-refractivity contribution in [3.05, 3.63) is 42.5 Å². The Bertz CT molecular complexity index is 1310. The third-order valence-corrected chi connectivity index (χ3v) is 6.68. The van der Waals surface area contributed by atoms with Gasteiger partial charge in [0.1, 0.15) is 30.4 Å². The maximum atomic E-state index is 13.7. The van der Waals surface area contributed by atoms with E-state index in [-0.39, 0.29) is 9.20 Å². The largest absolute Gasteiger partial charge is 0.467 e. The molecule has 0 bridgehead atoms. The van der Waals surface area contributed by atoms with Crippen LogP contribution in [0.4, 0.5) is 9.59 Å². The van der Waals surface area contributed by atoms with Gasteiger partial charge in [-0.25, -0.2) is 32.7 Å². The molecule has 15 heteroatoms. The van der Waals surface area contributed by atoms with Crippen LogP contribution in [0.3, 0.4) is 0 Å². The first-order valence-electron chi connectivity index (χ1n) is 12.1. The van der Waals surface area contributed by atoms with E-state index < -0.39 is 64.4 Å². The molecule has 1 aromatic carbocycles. The van der Waals surface area contributed by atoms with Gasteiger partial charge in [0.25, 0.3) is 15.9 Å². The predicted octanol–water partition coefficient (Wildman–Crippen LogP) is 2.52. The molecule has 0 spiro atoms. The van der Waals surface area contributed by atoms with Crippen LogP contribution in [0.15, 0.2) is 41.8 Å². The Balaban J connectivity index is 2.61. The van der Waals surface area contributed by atoms with Crippen LogP contribution in [-0.4, -0.2) is 87.3 Å². The van der Waals surface area contributed by atoms with Gasteiger partial charge in [0.05, 0.1) is 18.6 Å². The molecule has 2 rings (SSSR count). The highest BCUT2D eigenvalue weighted by Gasteiger charge is 2.43. The second-order valence-electron chi connectivity index (χ2n) is 10.7. The van der Waals surface area contributed by atoms with Crippen molar-refractivity contribution in [3.63, 3.8) is 0 Å². The Morgan fingerprint density at radius 2 is 1.50 bits per heavy atom. The molecule has 2 aromatic rings. The van der Waals surface area contributed by atoms with Crippen molar-refractivity contribution < 1.29 is 41.8 Å². The molecule has 1 atom stereocenters. The third-order valence-electron chi connectivity index (χ3n) is 4.96. The average Bonchev–Trinajstić information content (AvgIpc) is 3.32. The average molecular weight is 582 g/mol. The number of esters is 1. The number of nitrogens with zero attached hydrogens (tertiary/aromatic N) is 5. The van der Waals surface area contributed by atoms with Crippen molar-refractivity contribution in [1.29, 1.82) is 0 Å². The number of imide groups is 1. The van der Waals surface area contributed by atoms with Gasteiger partial charge in [0, 0.05) is 0 Å². The first-order valence-corrected chi connectivity index (χ1v) is 13.6. The Hall–Kier alpha value is -4.01. The lowest BCUT2D eigenvalue weighted by Crippen LogP contribution is -2.56. The molecule has 0 aliphatic heterocycles. The molecule has 0 saturated heterocycles. The summed E-state index contributed by atoms with van der Waals surface area (Å²) >= 11 is 0. The summed E-state index contributed by atoms with van der Waals surface area (Å²) < 4.78 is 43.9. The summed E-state index contributed by atoms with van der Waals surface area (Å²) in [5, 5.41) is 3.89. The minimum absolute atomic E-state index is 0.201. The van der Waals surface area contributed by atoms with Crippen molar-refractivity contribution in [2.45, 2.75) is 77.2 Å². The lowest BCUT2D eigenvalue weighted by molar-refractivity contribution is -0.153. The van der Waals surface area contributed by atoms with Crippen LogP contribution >= 0.6 is 0 Å². The van der Waals surface area contributed by atoms with E-state index in [1.54, 1.807) is 6.92 Å². The summed E-state index contributed by atoms with van der Waals surface area (Å²) in [6, 6.07) is 3.90. The zero-order valence-electron chi connectivity index (χ0n) is 23.8. The SMILES string of the molecule is COC(=O)[C@H](Cn1cncn1)N(C(=O)CN(C(=O)OC(C)(C)C)S(=O)(=O)c1ccc(C)cc1)C(=O)OC(C)(C)C. The van der Waals surface area contributed by atoms with E-state index in [2.05, 4.69) is 10.1 Å². The molecule has 14 nitrogen and oxygen atoms in total. The first-order chi connectivity index (χ1) is 18.4. The number of aromatic nitrogens is 3. The van der Waals surface area contributed by atoms with E-state index in [1.807, 2.05) is 0 Å². The molecule has 0 fully saturated rings. The van der Waals surface area contributed by atoms with Gasteiger partial charge in [-0.15, -0.1) is 0 Å². The maximum Gasteiger partial charge on any atom is 0.424 e. The van der Waals surface area contributed by atoms with Crippen molar-refractivity contribution in [3.8, 4) is 0 Å². The Labute approximate surface area is 233 Å². The molecular formula is C25H35N5O9S. The minimum atomic E-state index is -4.66. The van der Waals surface area contributed by atoms with E-state index in [9.17, 15) is 27.6 Å². The fourth-order valence-electron chi connectivity index (χ4n) is 3.21. The van der Waals surface area contributed by atoms with Gasteiger partial charge in [0.15, 0.2) is 6.04 Å². The zero-order valence-corrected chi connectivity index (χ0v) is 24.6. The zero-order chi connectivity index (χ0) is 30.5. The molecule has 1 heterocycles. The van der Waals surface area contributed by atoms with Crippen molar-refractivity contribution in [2.75, 3.05) is 13.7 Å². The highest BCUT2D eigenvalue weighted by molar-refractivity contribution is 7.89. The number of carbonyl (C=O) groups excluding carboxylic acids is 4. The van der Waals surface area contributed by atoms with Crippen LogP contribution in [0.25, 0.3) is 0 Å². The van der Waals surface area contributed by atoms with E-state index in [0.717, 1.165) is 12.7 Å². The van der Waals surface area contributed by atoms with Crippen LogP contribution in [0.2, 0.25) is 0 Å². The van der Waals surface area contributed by atoms with E-state index in [1.165, 1.54) is 83.1 Å². The molecule has 0 N–H and O–H groups in total. The number of methoxy groups -OCH3 is 1. The van der Waals surface area contributed by atoms with Crippen LogP contribution in [0.5, 0.6) is 0 Å². The van der Waals surface area contributed by atoms with E-state index in [4.69, 9.17) is 14.2 Å². The van der Waals surface area contributed by atoms with Crippen LogP contribution < -0.4 is 0 Å². The van der Waals surface area contributed by atoms with Gasteiger partial charge in [-0.05, 0) is 60.6 Å². The summed E-state index contributed by atoms with van der Waals surface area (Å²) in [6.07, 6.45) is -0.226. The molecule has 0 unspecified atom stereocenters. The number of carbonyl (C=O) groups is 4.